The number of piperidine rings is 1. The van der Waals surface area contributed by atoms with Crippen molar-refractivity contribution >= 4 is 21.7 Å². The number of nitrogens with zero attached hydrogens (tertiary/aromatic N) is 4. The fourth-order valence-electron chi connectivity index (χ4n) is 4.52. The molecule has 13 heteroatoms. The number of aromatic nitrogens is 3. The number of ether oxygens (including phenoxy) is 2. The fourth-order valence-corrected chi connectivity index (χ4v) is 4.93. The highest BCUT2D eigenvalue weighted by Crippen LogP contribution is 2.35. The molecule has 2 aromatic carbocycles. The van der Waals surface area contributed by atoms with E-state index in [1.54, 1.807) is 13.1 Å². The molecule has 8 nitrogen and oxygen atoms in total. The van der Waals surface area contributed by atoms with Gasteiger partial charge in [0, 0.05) is 44.6 Å². The molecule has 0 unspecified atom stereocenters. The second-order valence-corrected chi connectivity index (χ2v) is 11.0. The van der Waals surface area contributed by atoms with Crippen LogP contribution in [0.25, 0.3) is 11.4 Å². The topological polar surface area (TPSA) is 81.5 Å². The van der Waals surface area contributed by atoms with Gasteiger partial charge in [-0.05, 0) is 66.1 Å². The summed E-state index contributed by atoms with van der Waals surface area (Å²) in [7, 11) is 4.41. The molecule has 0 bridgehead atoms. The first kappa shape index (κ1) is 33.3. The number of hydrogen-bond donors (Lipinski definition) is 1. The molecule has 42 heavy (non-hydrogen) atoms. The van der Waals surface area contributed by atoms with E-state index in [9.17, 15) is 22.4 Å². The average molecular weight is 659 g/mol. The summed E-state index contributed by atoms with van der Waals surface area (Å²) in [5, 5.41) is 11.5. The highest BCUT2D eigenvalue weighted by Gasteiger charge is 2.27. The van der Waals surface area contributed by atoms with Crippen molar-refractivity contribution in [3.8, 4) is 22.9 Å². The molecule has 1 aromatic heterocycles. The number of anilines is 1. The lowest BCUT2D eigenvalue weighted by atomic mass is 10.1. The molecule has 0 amide bonds. The predicted octanol–water partition coefficient (Wildman–Crippen LogP) is 6.43. The van der Waals surface area contributed by atoms with Crippen LogP contribution in [0.1, 0.15) is 44.7 Å². The number of likely N-dealkylation sites (tertiary alicyclic amines) is 1. The third kappa shape index (κ3) is 8.21. The molecule has 3 aromatic rings. The number of likely N-dealkylation sites (N-methyl/N-ethyl adjacent to an activating group) is 1. The van der Waals surface area contributed by atoms with E-state index in [0.29, 0.717) is 15.8 Å². The zero-order valence-electron chi connectivity index (χ0n) is 24.5. The molecule has 1 saturated heterocycles. The minimum Gasteiger partial charge on any atom is -0.496 e. The number of nitrogens with one attached hydrogen (secondary N) is 1. The number of alkyl halides is 4. The predicted molar refractivity (Wildman–Crippen MR) is 158 cm³/mol. The Kier molecular flexibility index (Phi) is 11.0. The SMILES string of the molecule is CCN1CCC[C@@H](Nc2nnc(-c3ccc(C(C)(F)F)cc3OC)n(C)c2=O)C1.COc1cc(C(C)(F)F)ccc1Br. The van der Waals surface area contributed by atoms with Gasteiger partial charge in [-0.25, -0.2) is 17.6 Å². The van der Waals surface area contributed by atoms with Gasteiger partial charge in [0.05, 0.1) is 24.3 Å². The molecule has 4 rings (SSSR count). The van der Waals surface area contributed by atoms with Crippen molar-refractivity contribution < 1.29 is 27.0 Å². The highest BCUT2D eigenvalue weighted by molar-refractivity contribution is 9.10. The van der Waals surface area contributed by atoms with Gasteiger partial charge >= 0.3 is 0 Å². The quantitative estimate of drug-likeness (QED) is 0.280. The molecular formula is C29H36BrF4N5O3. The fraction of sp³-hybridized carbons (Fsp3) is 0.483. The normalized spacial score (nSPS) is 15.9. The molecule has 0 aliphatic carbocycles. The first-order valence-electron chi connectivity index (χ1n) is 13.4. The van der Waals surface area contributed by atoms with Crippen LogP contribution in [0.4, 0.5) is 23.4 Å². The van der Waals surface area contributed by atoms with Crippen LogP contribution in [0.5, 0.6) is 11.5 Å². The Morgan fingerprint density at radius 1 is 1.00 bits per heavy atom. The number of methoxy groups -OCH3 is 2. The first-order chi connectivity index (χ1) is 19.7. The second-order valence-electron chi connectivity index (χ2n) is 10.2. The van der Waals surface area contributed by atoms with Gasteiger partial charge < -0.3 is 19.7 Å². The minimum absolute atomic E-state index is 0.0486. The molecule has 230 valence electrons. The number of rotatable bonds is 8. The van der Waals surface area contributed by atoms with Crippen molar-refractivity contribution in [3.05, 3.63) is 62.4 Å². The lowest BCUT2D eigenvalue weighted by Gasteiger charge is -2.32. The zero-order chi connectivity index (χ0) is 31.2. The van der Waals surface area contributed by atoms with Crippen LogP contribution in [0.2, 0.25) is 0 Å². The summed E-state index contributed by atoms with van der Waals surface area (Å²) in [5.74, 6) is -4.76. The first-order valence-corrected chi connectivity index (χ1v) is 14.2. The molecule has 1 atom stereocenters. The maximum atomic E-state index is 13.6. The van der Waals surface area contributed by atoms with Crippen LogP contribution in [-0.2, 0) is 18.9 Å². The Bertz CT molecular complexity index is 1430. The summed E-state index contributed by atoms with van der Waals surface area (Å²) < 4.78 is 65.1. The Hall–Kier alpha value is -3.19. The van der Waals surface area contributed by atoms with E-state index in [1.165, 1.54) is 49.1 Å². The summed E-state index contributed by atoms with van der Waals surface area (Å²) in [4.78, 5) is 15.2. The maximum absolute atomic E-state index is 13.6. The highest BCUT2D eigenvalue weighted by atomic mass is 79.9. The van der Waals surface area contributed by atoms with Crippen LogP contribution in [0.15, 0.2) is 45.7 Å². The molecule has 2 heterocycles. The molecule has 0 radical (unpaired) electrons. The summed E-state index contributed by atoms with van der Waals surface area (Å²) in [5.41, 5.74) is -0.121. The zero-order valence-corrected chi connectivity index (χ0v) is 26.1. The van der Waals surface area contributed by atoms with Crippen LogP contribution in [0.3, 0.4) is 0 Å². The average Bonchev–Trinajstić information content (AvgIpc) is 2.95. The van der Waals surface area contributed by atoms with Gasteiger partial charge in [0.2, 0.25) is 5.82 Å². The Morgan fingerprint density at radius 2 is 1.60 bits per heavy atom. The van der Waals surface area contributed by atoms with Crippen molar-refractivity contribution in [2.75, 3.05) is 39.2 Å². The van der Waals surface area contributed by atoms with Crippen LogP contribution in [-0.4, -0.2) is 59.6 Å². The molecule has 1 aliphatic rings. The number of benzene rings is 2. The standard InChI is InChI=1S/C20H27F2N5O2.C9H9BrF2O/c1-5-27-10-6-7-14(12-27)23-17-19(28)26(3)18(25-24-17)15-9-8-13(20(2,21)22)11-16(15)29-4;1-9(11,12)6-3-4-7(10)8(5-6)13-2/h8-9,11,14H,5-7,10,12H2,1-4H3,(H,23,24);3-5H,1-2H3/t14-;/m1./s1. The third-order valence-electron chi connectivity index (χ3n) is 6.97. The van der Waals surface area contributed by atoms with Crippen LogP contribution >= 0.6 is 15.9 Å². The monoisotopic (exact) mass is 657 g/mol. The molecular weight excluding hydrogens is 622 g/mol. The summed E-state index contributed by atoms with van der Waals surface area (Å²) in [6.45, 7) is 6.67. The lowest BCUT2D eigenvalue weighted by molar-refractivity contribution is 0.0166. The van der Waals surface area contributed by atoms with Crippen molar-refractivity contribution in [2.45, 2.75) is 51.5 Å². The maximum Gasteiger partial charge on any atom is 0.296 e. The molecule has 0 spiro atoms. The minimum atomic E-state index is -3.00. The van der Waals surface area contributed by atoms with Gasteiger partial charge in [0.1, 0.15) is 11.5 Å². The van der Waals surface area contributed by atoms with E-state index in [-0.39, 0.29) is 40.1 Å². The van der Waals surface area contributed by atoms with Gasteiger partial charge in [0.15, 0.2) is 5.82 Å². The summed E-state index contributed by atoms with van der Waals surface area (Å²) in [6.07, 6.45) is 2.02. The van der Waals surface area contributed by atoms with Crippen LogP contribution in [0, 0.1) is 0 Å². The summed E-state index contributed by atoms with van der Waals surface area (Å²) >= 11 is 3.19. The number of halogens is 5. The van der Waals surface area contributed by atoms with Crippen molar-refractivity contribution in [1.29, 1.82) is 0 Å². The largest absolute Gasteiger partial charge is 0.496 e. The number of hydrogen-bond acceptors (Lipinski definition) is 7. The van der Waals surface area contributed by atoms with Gasteiger partial charge in [-0.1, -0.05) is 19.1 Å². The molecule has 1 aliphatic heterocycles. The second kappa shape index (κ2) is 13.9. The van der Waals surface area contributed by atoms with Crippen molar-refractivity contribution in [3.63, 3.8) is 0 Å². The van der Waals surface area contributed by atoms with Gasteiger partial charge in [-0.2, -0.15) is 0 Å². The van der Waals surface area contributed by atoms with Gasteiger partial charge in [-0.15, -0.1) is 10.2 Å². The smallest absolute Gasteiger partial charge is 0.296 e. The lowest BCUT2D eigenvalue weighted by Crippen LogP contribution is -2.43. The van der Waals surface area contributed by atoms with E-state index in [2.05, 4.69) is 43.3 Å². The van der Waals surface area contributed by atoms with Crippen molar-refractivity contribution in [2.24, 2.45) is 7.05 Å². The van der Waals surface area contributed by atoms with Crippen LogP contribution < -0.4 is 20.3 Å². The Labute approximate surface area is 251 Å². The third-order valence-corrected chi connectivity index (χ3v) is 7.63. The van der Waals surface area contributed by atoms with Gasteiger partial charge in [0.25, 0.3) is 17.4 Å². The van der Waals surface area contributed by atoms with Gasteiger partial charge in [-0.3, -0.25) is 9.36 Å². The molecule has 1 fully saturated rings. The molecule has 1 N–H and O–H groups in total. The van der Waals surface area contributed by atoms with Crippen molar-refractivity contribution in [1.82, 2.24) is 19.7 Å². The van der Waals surface area contributed by atoms with E-state index in [1.807, 2.05) is 0 Å². The van der Waals surface area contributed by atoms with E-state index in [4.69, 9.17) is 9.47 Å². The Balaban J connectivity index is 0.000000312. The van der Waals surface area contributed by atoms with E-state index in [0.717, 1.165) is 46.3 Å². The molecule has 0 saturated carbocycles. The Morgan fingerprint density at radius 3 is 2.17 bits per heavy atom. The summed E-state index contributed by atoms with van der Waals surface area (Å²) in [6, 6.07) is 8.41. The van der Waals surface area contributed by atoms with E-state index < -0.39 is 11.8 Å². The van der Waals surface area contributed by atoms with E-state index >= 15 is 0 Å².